The summed E-state index contributed by atoms with van der Waals surface area (Å²) in [5.41, 5.74) is 1.70. The van der Waals surface area contributed by atoms with Crippen LogP contribution < -0.4 is 5.32 Å². The molecule has 0 saturated carbocycles. The van der Waals surface area contributed by atoms with Crippen LogP contribution in [0.25, 0.3) is 0 Å². The van der Waals surface area contributed by atoms with E-state index in [2.05, 4.69) is 15.0 Å². The van der Waals surface area contributed by atoms with Crippen molar-refractivity contribution in [2.24, 2.45) is 0 Å². The Labute approximate surface area is 98.9 Å². The number of halogens is 2. The zero-order chi connectivity index (χ0) is 8.97. The Morgan fingerprint density at radius 2 is 2.29 bits per heavy atom. The van der Waals surface area contributed by atoms with Crippen molar-refractivity contribution >= 4 is 47.9 Å². The fourth-order valence-corrected chi connectivity index (χ4v) is 1.23. The molecular weight excluding hydrogens is 247 g/mol. The number of esters is 1. The van der Waals surface area contributed by atoms with Crippen molar-refractivity contribution < 1.29 is 9.53 Å². The van der Waals surface area contributed by atoms with Gasteiger partial charge in [0.1, 0.15) is 11.9 Å². The Bertz CT molecular complexity index is 256. The molecule has 0 spiro atoms. The minimum Gasteiger partial charge on any atom is -0.467 e. The summed E-state index contributed by atoms with van der Waals surface area (Å²) < 4.78 is 4.53. The minimum atomic E-state index is -0.350. The highest BCUT2D eigenvalue weighted by Crippen LogP contribution is 2.08. The average molecular weight is 259 g/mol. The predicted octanol–water partition coefficient (Wildman–Crippen LogP) is 1.96. The highest BCUT2D eigenvalue weighted by molar-refractivity contribution is 7.07. The number of anilines is 1. The van der Waals surface area contributed by atoms with Gasteiger partial charge in [-0.25, -0.2) is 9.78 Å². The van der Waals surface area contributed by atoms with Crippen LogP contribution in [0.4, 0.5) is 5.82 Å². The molecule has 1 aromatic rings. The molecule has 1 aromatic heterocycles. The fraction of sp³-hybridized carbons (Fsp3) is 0.429. The van der Waals surface area contributed by atoms with Crippen molar-refractivity contribution in [3.63, 3.8) is 0 Å². The number of nitrogens with zero attached hydrogens (tertiary/aromatic N) is 1. The number of nitrogens with one attached hydrogen (secondary N) is 1. The third-order valence-corrected chi connectivity index (χ3v) is 1.94. The largest absolute Gasteiger partial charge is 0.467 e. The van der Waals surface area contributed by atoms with E-state index in [0.29, 0.717) is 5.82 Å². The van der Waals surface area contributed by atoms with Crippen molar-refractivity contribution in [1.82, 2.24) is 4.98 Å². The number of carbonyl (C=O) groups excluding carboxylic acids is 1. The lowest BCUT2D eigenvalue weighted by atomic mass is 10.3. The van der Waals surface area contributed by atoms with Crippen LogP contribution in [-0.4, -0.2) is 24.1 Å². The summed E-state index contributed by atoms with van der Waals surface area (Å²) >= 11 is 1.48. The van der Waals surface area contributed by atoms with Gasteiger partial charge in [0.15, 0.2) is 0 Å². The van der Waals surface area contributed by atoms with Gasteiger partial charge in [-0.15, -0.1) is 36.2 Å². The van der Waals surface area contributed by atoms with Gasteiger partial charge in [-0.3, -0.25) is 0 Å². The third-order valence-electron chi connectivity index (χ3n) is 1.35. The Morgan fingerprint density at radius 1 is 1.64 bits per heavy atom. The van der Waals surface area contributed by atoms with Crippen molar-refractivity contribution in [2.45, 2.75) is 13.0 Å². The van der Waals surface area contributed by atoms with Crippen LogP contribution in [0, 0.1) is 0 Å². The van der Waals surface area contributed by atoms with Crippen molar-refractivity contribution in [2.75, 3.05) is 12.4 Å². The van der Waals surface area contributed by atoms with Gasteiger partial charge in [0, 0.05) is 5.38 Å². The van der Waals surface area contributed by atoms with E-state index in [9.17, 15) is 4.79 Å². The molecule has 14 heavy (non-hydrogen) atoms. The second-order valence-electron chi connectivity index (χ2n) is 2.26. The van der Waals surface area contributed by atoms with Crippen LogP contribution in [0.2, 0.25) is 0 Å². The molecule has 0 aliphatic carbocycles. The van der Waals surface area contributed by atoms with E-state index in [4.69, 9.17) is 0 Å². The SMILES string of the molecule is COC(=O)C(C)Nc1cscn1.Cl.Cl. The van der Waals surface area contributed by atoms with Gasteiger partial charge in [0.25, 0.3) is 0 Å². The molecule has 0 fully saturated rings. The first-order chi connectivity index (χ1) is 5.74. The average Bonchev–Trinajstić information content (AvgIpc) is 2.55. The van der Waals surface area contributed by atoms with Gasteiger partial charge in [-0.1, -0.05) is 0 Å². The van der Waals surface area contributed by atoms with Crippen LogP contribution in [-0.2, 0) is 9.53 Å². The first-order valence-electron chi connectivity index (χ1n) is 3.46. The summed E-state index contributed by atoms with van der Waals surface area (Å²) in [5.74, 6) is 0.418. The molecule has 82 valence electrons. The molecule has 1 heterocycles. The smallest absolute Gasteiger partial charge is 0.328 e. The van der Waals surface area contributed by atoms with Gasteiger partial charge in [-0.05, 0) is 6.92 Å². The number of thiazole rings is 1. The van der Waals surface area contributed by atoms with Gasteiger partial charge >= 0.3 is 5.97 Å². The van der Waals surface area contributed by atoms with E-state index >= 15 is 0 Å². The maximum absolute atomic E-state index is 10.9. The molecule has 0 aliphatic rings. The quantitative estimate of drug-likeness (QED) is 0.843. The summed E-state index contributed by atoms with van der Waals surface area (Å²) in [5, 5.41) is 4.73. The van der Waals surface area contributed by atoms with Gasteiger partial charge < -0.3 is 10.1 Å². The van der Waals surface area contributed by atoms with E-state index in [1.54, 1.807) is 12.4 Å². The molecule has 1 atom stereocenters. The normalized spacial score (nSPS) is 10.4. The van der Waals surface area contributed by atoms with Crippen molar-refractivity contribution in [3.8, 4) is 0 Å². The number of carbonyl (C=O) groups is 1. The van der Waals surface area contributed by atoms with E-state index < -0.39 is 0 Å². The van der Waals surface area contributed by atoms with Gasteiger partial charge in [-0.2, -0.15) is 0 Å². The summed E-state index contributed by atoms with van der Waals surface area (Å²) in [4.78, 5) is 14.9. The van der Waals surface area contributed by atoms with Crippen molar-refractivity contribution in [1.29, 1.82) is 0 Å². The lowest BCUT2D eigenvalue weighted by Crippen LogP contribution is -2.27. The summed E-state index contributed by atoms with van der Waals surface area (Å²) in [6.07, 6.45) is 0. The monoisotopic (exact) mass is 258 g/mol. The molecule has 0 aromatic carbocycles. The van der Waals surface area contributed by atoms with E-state index in [0.717, 1.165) is 0 Å². The topological polar surface area (TPSA) is 51.2 Å². The number of hydrogen-bond acceptors (Lipinski definition) is 5. The number of ether oxygens (including phenoxy) is 1. The molecule has 0 amide bonds. The zero-order valence-corrected chi connectivity index (χ0v) is 10.2. The Morgan fingerprint density at radius 3 is 2.71 bits per heavy atom. The summed E-state index contributed by atoms with van der Waals surface area (Å²) in [6, 6.07) is -0.350. The predicted molar refractivity (Wildman–Crippen MR) is 61.7 cm³/mol. The van der Waals surface area contributed by atoms with Gasteiger partial charge in [0.2, 0.25) is 0 Å². The van der Waals surface area contributed by atoms with Gasteiger partial charge in [0.05, 0.1) is 12.6 Å². The maximum atomic E-state index is 10.9. The first kappa shape index (κ1) is 15.9. The van der Waals surface area contributed by atoms with E-state index in [-0.39, 0.29) is 36.8 Å². The maximum Gasteiger partial charge on any atom is 0.328 e. The molecule has 1 N–H and O–H groups in total. The zero-order valence-electron chi connectivity index (χ0n) is 7.72. The van der Waals surface area contributed by atoms with E-state index in [1.165, 1.54) is 18.4 Å². The molecule has 0 saturated heterocycles. The van der Waals surface area contributed by atoms with E-state index in [1.807, 2.05) is 5.38 Å². The van der Waals surface area contributed by atoms with Crippen LogP contribution in [0.3, 0.4) is 0 Å². The standard InChI is InChI=1S/C7H10N2O2S.2ClH/c1-5(7(10)11-2)9-6-3-12-4-8-6;;/h3-5,9H,1-2H3;2*1H. The van der Waals surface area contributed by atoms with Crippen molar-refractivity contribution in [3.05, 3.63) is 10.9 Å². The third kappa shape index (κ3) is 4.64. The molecule has 0 bridgehead atoms. The Balaban J connectivity index is 0. The molecule has 7 heteroatoms. The Kier molecular flexibility index (Phi) is 8.93. The molecule has 0 aliphatic heterocycles. The summed E-state index contributed by atoms with van der Waals surface area (Å²) in [6.45, 7) is 1.73. The van der Waals surface area contributed by atoms with Crippen LogP contribution in [0.5, 0.6) is 0 Å². The van der Waals surface area contributed by atoms with Crippen LogP contribution in [0.1, 0.15) is 6.92 Å². The second kappa shape index (κ2) is 7.84. The highest BCUT2D eigenvalue weighted by atomic mass is 35.5. The molecule has 1 rings (SSSR count). The molecule has 4 nitrogen and oxygen atoms in total. The summed E-state index contributed by atoms with van der Waals surface area (Å²) in [7, 11) is 1.36. The first-order valence-corrected chi connectivity index (χ1v) is 4.41. The lowest BCUT2D eigenvalue weighted by Gasteiger charge is -2.09. The minimum absolute atomic E-state index is 0. The molecule has 1 unspecified atom stereocenters. The molecule has 0 radical (unpaired) electrons. The highest BCUT2D eigenvalue weighted by Gasteiger charge is 2.12. The fourth-order valence-electron chi connectivity index (χ4n) is 0.741. The second-order valence-corrected chi connectivity index (χ2v) is 2.98. The lowest BCUT2D eigenvalue weighted by molar-refractivity contribution is -0.141. The number of hydrogen-bond donors (Lipinski definition) is 1. The van der Waals surface area contributed by atoms with Crippen LogP contribution >= 0.6 is 36.2 Å². The van der Waals surface area contributed by atoms with Crippen LogP contribution in [0.15, 0.2) is 10.9 Å². The number of methoxy groups -OCH3 is 1. The number of rotatable bonds is 3. The Hall–Kier alpha value is -0.520. The number of aromatic nitrogens is 1. The molecular formula is C7H12Cl2N2O2S.